The Kier molecular flexibility index (Phi) is 5.64. The smallest absolute Gasteiger partial charge is 0.333 e. The summed E-state index contributed by atoms with van der Waals surface area (Å²) in [5.41, 5.74) is 6.61. The van der Waals surface area contributed by atoms with Crippen LogP contribution in [0.3, 0.4) is 0 Å². The van der Waals surface area contributed by atoms with E-state index in [4.69, 9.17) is 0 Å². The van der Waals surface area contributed by atoms with E-state index < -0.39 is 0 Å². The Bertz CT molecular complexity index is 540. The summed E-state index contributed by atoms with van der Waals surface area (Å²) >= 11 is 0. The van der Waals surface area contributed by atoms with Crippen molar-refractivity contribution in [2.24, 2.45) is 0 Å². The Balaban J connectivity index is 1.81. The van der Waals surface area contributed by atoms with Gasteiger partial charge in [-0.25, -0.2) is 10.2 Å². The third kappa shape index (κ3) is 5.27. The predicted molar refractivity (Wildman–Crippen MR) is 91.1 cm³/mol. The molecule has 126 valence electrons. The number of carbonyl (C=O) groups is 2. The summed E-state index contributed by atoms with van der Waals surface area (Å²) in [6.45, 7) is 6.37. The van der Waals surface area contributed by atoms with Crippen LogP contribution in [0.2, 0.25) is 0 Å². The van der Waals surface area contributed by atoms with E-state index in [0.29, 0.717) is 5.56 Å². The summed E-state index contributed by atoms with van der Waals surface area (Å²) in [5, 5.41) is 2.89. The second-order valence-corrected chi connectivity index (χ2v) is 7.21. The third-order valence-electron chi connectivity index (χ3n) is 4.24. The Morgan fingerprint density at radius 2 is 1.57 bits per heavy atom. The molecule has 3 amide bonds. The molecule has 0 aromatic heterocycles. The van der Waals surface area contributed by atoms with Gasteiger partial charge in [0.2, 0.25) is 0 Å². The van der Waals surface area contributed by atoms with Crippen LogP contribution in [-0.2, 0) is 5.41 Å². The third-order valence-corrected chi connectivity index (χ3v) is 4.24. The highest BCUT2D eigenvalue weighted by atomic mass is 16.2. The zero-order valence-corrected chi connectivity index (χ0v) is 14.2. The molecule has 2 rings (SSSR count). The quantitative estimate of drug-likeness (QED) is 0.733. The minimum atomic E-state index is -0.350. The lowest BCUT2D eigenvalue weighted by atomic mass is 9.87. The van der Waals surface area contributed by atoms with E-state index in [1.165, 1.54) is 6.42 Å². The molecule has 5 nitrogen and oxygen atoms in total. The van der Waals surface area contributed by atoms with E-state index in [1.807, 2.05) is 12.1 Å². The molecule has 1 aromatic carbocycles. The van der Waals surface area contributed by atoms with E-state index >= 15 is 0 Å². The zero-order valence-electron chi connectivity index (χ0n) is 14.2. The molecular formula is C18H27N3O2. The van der Waals surface area contributed by atoms with Crippen molar-refractivity contribution in [3.8, 4) is 0 Å². The SMILES string of the molecule is CC(C)(C)c1ccc(C(=O)NNC(=O)NC2CCCCC2)cc1. The maximum atomic E-state index is 12.0. The average molecular weight is 317 g/mol. The first-order valence-electron chi connectivity index (χ1n) is 8.33. The van der Waals surface area contributed by atoms with Gasteiger partial charge in [-0.3, -0.25) is 10.2 Å². The second kappa shape index (κ2) is 7.49. The number of benzene rings is 1. The van der Waals surface area contributed by atoms with Crippen LogP contribution in [0.5, 0.6) is 0 Å². The molecule has 1 aliphatic rings. The van der Waals surface area contributed by atoms with Gasteiger partial charge in [-0.1, -0.05) is 52.2 Å². The van der Waals surface area contributed by atoms with Crippen molar-refractivity contribution in [3.63, 3.8) is 0 Å². The predicted octanol–water partition coefficient (Wildman–Crippen LogP) is 3.26. The minimum Gasteiger partial charge on any atom is -0.334 e. The zero-order chi connectivity index (χ0) is 16.9. The maximum absolute atomic E-state index is 12.0. The van der Waals surface area contributed by atoms with Crippen molar-refractivity contribution in [3.05, 3.63) is 35.4 Å². The average Bonchev–Trinajstić information content (AvgIpc) is 2.53. The molecule has 3 N–H and O–H groups in total. The molecule has 23 heavy (non-hydrogen) atoms. The number of hydrogen-bond donors (Lipinski definition) is 3. The first-order valence-corrected chi connectivity index (χ1v) is 8.33. The fraction of sp³-hybridized carbons (Fsp3) is 0.556. The highest BCUT2D eigenvalue weighted by molar-refractivity contribution is 5.95. The molecule has 0 aliphatic heterocycles. The summed E-state index contributed by atoms with van der Waals surface area (Å²) in [5.74, 6) is -0.316. The van der Waals surface area contributed by atoms with Gasteiger partial charge in [0.1, 0.15) is 0 Å². The normalized spacial score (nSPS) is 15.8. The van der Waals surface area contributed by atoms with Gasteiger partial charge in [0.05, 0.1) is 0 Å². The Labute approximate surface area is 138 Å². The molecule has 5 heteroatoms. The van der Waals surface area contributed by atoms with E-state index in [2.05, 4.69) is 36.9 Å². The molecule has 0 unspecified atom stereocenters. The van der Waals surface area contributed by atoms with E-state index in [-0.39, 0.29) is 23.4 Å². The molecule has 0 bridgehead atoms. The van der Waals surface area contributed by atoms with E-state index in [9.17, 15) is 9.59 Å². The first-order chi connectivity index (χ1) is 10.9. The van der Waals surface area contributed by atoms with Crippen molar-refractivity contribution >= 4 is 11.9 Å². The van der Waals surface area contributed by atoms with Gasteiger partial charge in [0.25, 0.3) is 5.91 Å². The Morgan fingerprint density at radius 1 is 0.957 bits per heavy atom. The van der Waals surface area contributed by atoms with Crippen LogP contribution in [0, 0.1) is 0 Å². The molecule has 1 saturated carbocycles. The van der Waals surface area contributed by atoms with Gasteiger partial charge < -0.3 is 5.32 Å². The molecule has 1 aromatic rings. The van der Waals surface area contributed by atoms with Gasteiger partial charge in [0.15, 0.2) is 0 Å². The van der Waals surface area contributed by atoms with Gasteiger partial charge in [-0.05, 0) is 36.0 Å². The Hall–Kier alpha value is -2.04. The number of urea groups is 1. The molecular weight excluding hydrogens is 290 g/mol. The summed E-state index contributed by atoms with van der Waals surface area (Å²) < 4.78 is 0. The van der Waals surface area contributed by atoms with Crippen molar-refractivity contribution in [2.75, 3.05) is 0 Å². The van der Waals surface area contributed by atoms with Crippen LogP contribution in [-0.4, -0.2) is 18.0 Å². The van der Waals surface area contributed by atoms with Gasteiger partial charge in [-0.15, -0.1) is 0 Å². The van der Waals surface area contributed by atoms with Crippen molar-refractivity contribution in [2.45, 2.75) is 64.3 Å². The van der Waals surface area contributed by atoms with Crippen molar-refractivity contribution in [1.82, 2.24) is 16.2 Å². The molecule has 0 heterocycles. The molecule has 0 radical (unpaired) electrons. The lowest BCUT2D eigenvalue weighted by Gasteiger charge is -2.23. The minimum absolute atomic E-state index is 0.0487. The highest BCUT2D eigenvalue weighted by Gasteiger charge is 2.17. The largest absolute Gasteiger partial charge is 0.334 e. The number of amides is 3. The molecule has 1 aliphatic carbocycles. The fourth-order valence-corrected chi connectivity index (χ4v) is 2.78. The van der Waals surface area contributed by atoms with Crippen LogP contribution >= 0.6 is 0 Å². The number of hydrogen-bond acceptors (Lipinski definition) is 2. The summed E-state index contributed by atoms with van der Waals surface area (Å²) in [4.78, 5) is 23.8. The topological polar surface area (TPSA) is 70.2 Å². The number of carbonyl (C=O) groups excluding carboxylic acids is 2. The van der Waals surface area contributed by atoms with E-state index in [0.717, 1.165) is 31.2 Å². The van der Waals surface area contributed by atoms with Crippen molar-refractivity contribution in [1.29, 1.82) is 0 Å². The molecule has 0 atom stereocenters. The van der Waals surface area contributed by atoms with Gasteiger partial charge in [0, 0.05) is 11.6 Å². The molecule has 1 fully saturated rings. The van der Waals surface area contributed by atoms with Crippen molar-refractivity contribution < 1.29 is 9.59 Å². The first kappa shape index (κ1) is 17.3. The number of hydrazine groups is 1. The standard InChI is InChI=1S/C18H27N3O2/c1-18(2,3)14-11-9-13(10-12-14)16(22)20-21-17(23)19-15-7-5-4-6-8-15/h9-12,15H,4-8H2,1-3H3,(H,20,22)(H2,19,21,23). The number of rotatable bonds is 2. The maximum Gasteiger partial charge on any atom is 0.333 e. The summed E-state index contributed by atoms with van der Waals surface area (Å²) in [7, 11) is 0. The van der Waals surface area contributed by atoms with Gasteiger partial charge in [-0.2, -0.15) is 0 Å². The molecule has 0 saturated heterocycles. The van der Waals surface area contributed by atoms with Crippen LogP contribution in [0.25, 0.3) is 0 Å². The molecule has 0 spiro atoms. The van der Waals surface area contributed by atoms with Crippen LogP contribution in [0.1, 0.15) is 68.8 Å². The lowest BCUT2D eigenvalue weighted by Crippen LogP contribution is -2.50. The Morgan fingerprint density at radius 3 is 2.13 bits per heavy atom. The van der Waals surface area contributed by atoms with E-state index in [1.54, 1.807) is 12.1 Å². The summed E-state index contributed by atoms with van der Waals surface area (Å²) in [6.07, 6.45) is 5.56. The van der Waals surface area contributed by atoms with Crippen LogP contribution in [0.4, 0.5) is 4.79 Å². The highest BCUT2D eigenvalue weighted by Crippen LogP contribution is 2.22. The monoisotopic (exact) mass is 317 g/mol. The van der Waals surface area contributed by atoms with Crippen LogP contribution in [0.15, 0.2) is 24.3 Å². The van der Waals surface area contributed by atoms with Crippen LogP contribution < -0.4 is 16.2 Å². The van der Waals surface area contributed by atoms with Gasteiger partial charge >= 0.3 is 6.03 Å². The number of nitrogens with one attached hydrogen (secondary N) is 3. The second-order valence-electron chi connectivity index (χ2n) is 7.21. The fourth-order valence-electron chi connectivity index (χ4n) is 2.78. The summed E-state index contributed by atoms with van der Waals surface area (Å²) in [6, 6.07) is 7.30. The lowest BCUT2D eigenvalue weighted by molar-refractivity contribution is 0.0935.